The maximum atomic E-state index is 10.3. The smallest absolute Gasteiger partial charge is 0.140 e. The molecule has 17 heavy (non-hydrogen) atoms. The average Bonchev–Trinajstić information content (AvgIpc) is 2.59. The van der Waals surface area contributed by atoms with Crippen LogP contribution in [0.2, 0.25) is 5.02 Å². The Morgan fingerprint density at radius 1 is 1.76 bits per heavy atom. The summed E-state index contributed by atoms with van der Waals surface area (Å²) >= 11 is 9.17. The minimum atomic E-state index is -0.833. The van der Waals surface area contributed by atoms with Gasteiger partial charge in [-0.25, -0.2) is 4.98 Å². The number of nitrogens with zero attached hydrogens (tertiary/aromatic N) is 1. The molecule has 6 heteroatoms. The number of halogens is 2. The van der Waals surface area contributed by atoms with Gasteiger partial charge >= 0.3 is 0 Å². The van der Waals surface area contributed by atoms with Crippen molar-refractivity contribution in [2.45, 2.75) is 25.0 Å². The lowest BCUT2D eigenvalue weighted by Gasteiger charge is -2.26. The number of anilines is 1. The quantitative estimate of drug-likeness (QED) is 0.898. The van der Waals surface area contributed by atoms with Crippen LogP contribution in [-0.4, -0.2) is 34.9 Å². The van der Waals surface area contributed by atoms with E-state index in [0.29, 0.717) is 30.4 Å². The van der Waals surface area contributed by atoms with Crippen LogP contribution in [0.1, 0.15) is 13.3 Å². The average molecular weight is 322 g/mol. The van der Waals surface area contributed by atoms with Crippen LogP contribution in [-0.2, 0) is 4.74 Å². The van der Waals surface area contributed by atoms with E-state index in [4.69, 9.17) is 16.3 Å². The van der Waals surface area contributed by atoms with Gasteiger partial charge in [0.15, 0.2) is 0 Å². The molecule has 0 bridgehead atoms. The molecule has 0 aliphatic carbocycles. The third kappa shape index (κ3) is 2.91. The minimum absolute atomic E-state index is 0.166. The Labute approximate surface area is 113 Å². The molecule has 2 unspecified atom stereocenters. The predicted octanol–water partition coefficient (Wildman–Crippen LogP) is 2.45. The van der Waals surface area contributed by atoms with Crippen LogP contribution < -0.4 is 5.32 Å². The molecule has 0 saturated carbocycles. The van der Waals surface area contributed by atoms with Gasteiger partial charge in [-0.3, -0.25) is 0 Å². The number of hydrogen-bond acceptors (Lipinski definition) is 4. The Morgan fingerprint density at radius 2 is 2.53 bits per heavy atom. The molecule has 1 aliphatic rings. The first-order chi connectivity index (χ1) is 8.01. The molecule has 2 atom stereocenters. The lowest BCUT2D eigenvalue weighted by Crippen LogP contribution is -2.43. The normalized spacial score (nSPS) is 28.4. The van der Waals surface area contributed by atoms with Crippen LogP contribution in [0, 0.1) is 0 Å². The highest BCUT2D eigenvalue weighted by atomic mass is 79.9. The monoisotopic (exact) mass is 320 g/mol. The molecule has 1 fully saturated rings. The Bertz CT molecular complexity index is 418. The molecule has 2 rings (SSSR count). The van der Waals surface area contributed by atoms with Crippen LogP contribution in [0.25, 0.3) is 0 Å². The Morgan fingerprint density at radius 3 is 3.12 bits per heavy atom. The molecule has 2 heterocycles. The van der Waals surface area contributed by atoms with E-state index in [2.05, 4.69) is 26.2 Å². The summed E-state index contributed by atoms with van der Waals surface area (Å²) in [6.07, 6.45) is 2.03. The SMILES string of the molecule is CC1OCCC1(O)CNc1ncc(Cl)cc1Br. The third-order valence-corrected chi connectivity index (χ3v) is 3.84. The van der Waals surface area contributed by atoms with E-state index in [9.17, 15) is 5.11 Å². The summed E-state index contributed by atoms with van der Waals surface area (Å²) in [6.45, 7) is 2.87. The molecule has 1 aliphatic heterocycles. The van der Waals surface area contributed by atoms with Crippen LogP contribution in [0.5, 0.6) is 0 Å². The van der Waals surface area contributed by atoms with Gasteiger partial charge in [0, 0.05) is 25.8 Å². The summed E-state index contributed by atoms with van der Waals surface area (Å²) in [7, 11) is 0. The summed E-state index contributed by atoms with van der Waals surface area (Å²) in [6, 6.07) is 1.76. The van der Waals surface area contributed by atoms with E-state index in [0.717, 1.165) is 4.47 Å². The number of hydrogen-bond donors (Lipinski definition) is 2. The molecule has 0 amide bonds. The second-order valence-electron chi connectivity index (χ2n) is 4.20. The number of pyridine rings is 1. The van der Waals surface area contributed by atoms with Crippen LogP contribution in [0.15, 0.2) is 16.7 Å². The number of aromatic nitrogens is 1. The standard InChI is InChI=1S/C11H14BrClN2O2/c1-7-11(16,2-3-17-7)6-15-10-9(12)4-8(13)5-14-10/h4-5,7,16H,2-3,6H2,1H3,(H,14,15). The first kappa shape index (κ1) is 13.1. The topological polar surface area (TPSA) is 54.4 Å². The van der Waals surface area contributed by atoms with Gasteiger partial charge in [-0.1, -0.05) is 11.6 Å². The molecule has 2 N–H and O–H groups in total. The van der Waals surface area contributed by atoms with Gasteiger partial charge in [-0.15, -0.1) is 0 Å². The highest BCUT2D eigenvalue weighted by Crippen LogP contribution is 2.28. The van der Waals surface area contributed by atoms with Crippen LogP contribution in [0.3, 0.4) is 0 Å². The maximum absolute atomic E-state index is 10.3. The largest absolute Gasteiger partial charge is 0.385 e. The van der Waals surface area contributed by atoms with E-state index in [1.807, 2.05) is 6.92 Å². The first-order valence-electron chi connectivity index (χ1n) is 5.40. The summed E-state index contributed by atoms with van der Waals surface area (Å²) in [5.41, 5.74) is -0.833. The summed E-state index contributed by atoms with van der Waals surface area (Å²) in [4.78, 5) is 4.15. The molecule has 1 aromatic rings. The molecule has 1 aromatic heterocycles. The van der Waals surface area contributed by atoms with Crippen molar-refractivity contribution in [1.29, 1.82) is 0 Å². The fraction of sp³-hybridized carbons (Fsp3) is 0.545. The van der Waals surface area contributed by atoms with Gasteiger partial charge in [0.1, 0.15) is 11.4 Å². The molecule has 1 saturated heterocycles. The number of nitrogens with one attached hydrogen (secondary N) is 1. The predicted molar refractivity (Wildman–Crippen MR) is 70.4 cm³/mol. The maximum Gasteiger partial charge on any atom is 0.140 e. The lowest BCUT2D eigenvalue weighted by molar-refractivity contribution is -0.0176. The highest BCUT2D eigenvalue weighted by Gasteiger charge is 2.39. The Balaban J connectivity index is 2.02. The van der Waals surface area contributed by atoms with Crippen molar-refractivity contribution in [3.05, 3.63) is 21.8 Å². The van der Waals surface area contributed by atoms with Crippen molar-refractivity contribution in [1.82, 2.24) is 4.98 Å². The number of aliphatic hydroxyl groups is 1. The van der Waals surface area contributed by atoms with E-state index >= 15 is 0 Å². The zero-order valence-electron chi connectivity index (χ0n) is 9.41. The van der Waals surface area contributed by atoms with Crippen molar-refractivity contribution in [3.8, 4) is 0 Å². The Hall–Kier alpha value is -0.360. The molecule has 0 radical (unpaired) electrons. The molecular formula is C11H14BrClN2O2. The van der Waals surface area contributed by atoms with Gasteiger partial charge in [0.2, 0.25) is 0 Å². The summed E-state index contributed by atoms with van der Waals surface area (Å²) in [5, 5.41) is 14.0. The van der Waals surface area contributed by atoms with Gasteiger partial charge in [-0.05, 0) is 28.9 Å². The van der Waals surface area contributed by atoms with Gasteiger partial charge in [-0.2, -0.15) is 0 Å². The van der Waals surface area contributed by atoms with Gasteiger partial charge in [0.25, 0.3) is 0 Å². The van der Waals surface area contributed by atoms with Crippen molar-refractivity contribution in [2.75, 3.05) is 18.5 Å². The second-order valence-corrected chi connectivity index (χ2v) is 5.49. The van der Waals surface area contributed by atoms with Crippen LogP contribution >= 0.6 is 27.5 Å². The zero-order chi connectivity index (χ0) is 12.5. The summed E-state index contributed by atoms with van der Waals surface area (Å²) < 4.78 is 6.14. The van der Waals surface area contributed by atoms with Crippen molar-refractivity contribution < 1.29 is 9.84 Å². The molecule has 0 aromatic carbocycles. The molecule has 0 spiro atoms. The first-order valence-corrected chi connectivity index (χ1v) is 6.57. The van der Waals surface area contributed by atoms with Gasteiger partial charge < -0.3 is 15.2 Å². The molecule has 94 valence electrons. The second kappa shape index (κ2) is 5.10. The van der Waals surface area contributed by atoms with E-state index in [-0.39, 0.29) is 6.10 Å². The van der Waals surface area contributed by atoms with Gasteiger partial charge in [0.05, 0.1) is 15.6 Å². The summed E-state index contributed by atoms with van der Waals surface area (Å²) in [5.74, 6) is 0.668. The zero-order valence-corrected chi connectivity index (χ0v) is 11.8. The molecule has 4 nitrogen and oxygen atoms in total. The number of rotatable bonds is 3. The van der Waals surface area contributed by atoms with E-state index in [1.54, 1.807) is 12.3 Å². The van der Waals surface area contributed by atoms with E-state index in [1.165, 1.54) is 0 Å². The minimum Gasteiger partial charge on any atom is -0.385 e. The van der Waals surface area contributed by atoms with Crippen molar-refractivity contribution >= 4 is 33.3 Å². The number of ether oxygens (including phenoxy) is 1. The van der Waals surface area contributed by atoms with Crippen molar-refractivity contribution in [3.63, 3.8) is 0 Å². The molecular weight excluding hydrogens is 307 g/mol. The van der Waals surface area contributed by atoms with Crippen LogP contribution in [0.4, 0.5) is 5.82 Å². The lowest BCUT2D eigenvalue weighted by atomic mass is 9.97. The fourth-order valence-electron chi connectivity index (χ4n) is 1.78. The fourth-order valence-corrected chi connectivity index (χ4v) is 2.56. The Kier molecular flexibility index (Phi) is 3.92. The van der Waals surface area contributed by atoms with Crippen molar-refractivity contribution in [2.24, 2.45) is 0 Å². The highest BCUT2D eigenvalue weighted by molar-refractivity contribution is 9.10. The van der Waals surface area contributed by atoms with E-state index < -0.39 is 5.60 Å². The third-order valence-electron chi connectivity index (χ3n) is 3.03.